The summed E-state index contributed by atoms with van der Waals surface area (Å²) in [4.78, 5) is 0. The first-order valence-electron chi connectivity index (χ1n) is 6.55. The lowest BCUT2D eigenvalue weighted by molar-refractivity contribution is 0.00183. The Bertz CT molecular complexity index is 330. The highest BCUT2D eigenvalue weighted by Gasteiger charge is 2.21. The van der Waals surface area contributed by atoms with Crippen LogP contribution in [0.25, 0.3) is 0 Å². The van der Waals surface area contributed by atoms with Gasteiger partial charge in [-0.2, -0.15) is 0 Å². The third kappa shape index (κ3) is 3.82. The lowest BCUT2D eigenvalue weighted by Crippen LogP contribution is -2.35. The van der Waals surface area contributed by atoms with Crippen molar-refractivity contribution < 1.29 is 9.26 Å². The molecule has 0 bridgehead atoms. The zero-order chi connectivity index (χ0) is 12.1. The zero-order valence-electron chi connectivity index (χ0n) is 10.7. The van der Waals surface area contributed by atoms with E-state index in [2.05, 4.69) is 17.4 Å². The van der Waals surface area contributed by atoms with Crippen molar-refractivity contribution in [2.75, 3.05) is 6.54 Å². The second kappa shape index (κ2) is 6.17. The Morgan fingerprint density at radius 2 is 2.18 bits per heavy atom. The standard InChI is InChI=1S/C13H22N2O2/c1-3-14-11-4-6-12(7-5-11)16-9-13-8-10(2)15-17-13/h8,11-12,14H,3-7,9H2,1-2H3. The van der Waals surface area contributed by atoms with Gasteiger partial charge in [-0.05, 0) is 39.2 Å². The summed E-state index contributed by atoms with van der Waals surface area (Å²) in [6.07, 6.45) is 5.10. The van der Waals surface area contributed by atoms with Crippen molar-refractivity contribution in [3.05, 3.63) is 17.5 Å². The van der Waals surface area contributed by atoms with Gasteiger partial charge in [-0.3, -0.25) is 0 Å². The van der Waals surface area contributed by atoms with E-state index in [-0.39, 0.29) is 0 Å². The van der Waals surface area contributed by atoms with Gasteiger partial charge in [0.2, 0.25) is 0 Å². The summed E-state index contributed by atoms with van der Waals surface area (Å²) < 4.78 is 11.0. The molecular weight excluding hydrogens is 216 g/mol. The molecule has 4 nitrogen and oxygen atoms in total. The van der Waals surface area contributed by atoms with Gasteiger partial charge in [-0.1, -0.05) is 12.1 Å². The Hall–Kier alpha value is -0.870. The molecule has 0 radical (unpaired) electrons. The van der Waals surface area contributed by atoms with E-state index in [1.165, 1.54) is 12.8 Å². The molecule has 0 unspecified atom stereocenters. The maximum absolute atomic E-state index is 5.85. The van der Waals surface area contributed by atoms with Crippen molar-refractivity contribution in [2.24, 2.45) is 0 Å². The van der Waals surface area contributed by atoms with Crippen LogP contribution in [0.3, 0.4) is 0 Å². The zero-order valence-corrected chi connectivity index (χ0v) is 10.7. The van der Waals surface area contributed by atoms with E-state index in [0.717, 1.165) is 30.8 Å². The van der Waals surface area contributed by atoms with Crippen molar-refractivity contribution >= 4 is 0 Å². The predicted molar refractivity (Wildman–Crippen MR) is 65.7 cm³/mol. The monoisotopic (exact) mass is 238 g/mol. The average Bonchev–Trinajstić information content (AvgIpc) is 2.75. The minimum atomic E-state index is 0.385. The summed E-state index contributed by atoms with van der Waals surface area (Å²) in [6, 6.07) is 2.62. The number of hydrogen-bond donors (Lipinski definition) is 1. The van der Waals surface area contributed by atoms with Crippen molar-refractivity contribution in [3.63, 3.8) is 0 Å². The average molecular weight is 238 g/mol. The van der Waals surface area contributed by atoms with E-state index in [1.54, 1.807) is 0 Å². The lowest BCUT2D eigenvalue weighted by atomic mass is 9.93. The molecule has 4 heteroatoms. The molecule has 1 aromatic heterocycles. The Morgan fingerprint density at radius 1 is 1.41 bits per heavy atom. The van der Waals surface area contributed by atoms with Gasteiger partial charge in [0.25, 0.3) is 0 Å². The van der Waals surface area contributed by atoms with Gasteiger partial charge in [0, 0.05) is 12.1 Å². The molecule has 0 atom stereocenters. The SMILES string of the molecule is CCNC1CCC(OCc2cc(C)no2)CC1. The Labute approximate surface area is 103 Å². The second-order valence-electron chi connectivity index (χ2n) is 4.78. The Morgan fingerprint density at radius 3 is 2.76 bits per heavy atom. The van der Waals surface area contributed by atoms with E-state index in [1.807, 2.05) is 13.0 Å². The molecule has 1 aliphatic rings. The van der Waals surface area contributed by atoms with Crippen molar-refractivity contribution in [1.82, 2.24) is 10.5 Å². The van der Waals surface area contributed by atoms with Crippen LogP contribution in [0.15, 0.2) is 10.6 Å². The fourth-order valence-electron chi connectivity index (χ4n) is 2.41. The van der Waals surface area contributed by atoms with Gasteiger partial charge in [0.15, 0.2) is 5.76 Å². The molecule has 1 fully saturated rings. The fourth-order valence-corrected chi connectivity index (χ4v) is 2.41. The molecule has 0 saturated heterocycles. The number of rotatable bonds is 5. The fraction of sp³-hybridized carbons (Fsp3) is 0.769. The van der Waals surface area contributed by atoms with Crippen LogP contribution in [0.4, 0.5) is 0 Å². The van der Waals surface area contributed by atoms with Crippen LogP contribution >= 0.6 is 0 Å². The Balaban J connectivity index is 1.68. The minimum absolute atomic E-state index is 0.385. The highest BCUT2D eigenvalue weighted by Crippen LogP contribution is 2.22. The highest BCUT2D eigenvalue weighted by molar-refractivity contribution is 5.01. The van der Waals surface area contributed by atoms with E-state index in [9.17, 15) is 0 Å². The summed E-state index contributed by atoms with van der Waals surface area (Å²) >= 11 is 0. The van der Waals surface area contributed by atoms with Gasteiger partial charge in [0.05, 0.1) is 11.8 Å². The largest absolute Gasteiger partial charge is 0.370 e. The molecule has 1 saturated carbocycles. The molecular formula is C13H22N2O2. The molecule has 0 aromatic carbocycles. The van der Waals surface area contributed by atoms with Gasteiger partial charge in [-0.25, -0.2) is 0 Å². The molecule has 96 valence electrons. The van der Waals surface area contributed by atoms with Gasteiger partial charge >= 0.3 is 0 Å². The van der Waals surface area contributed by atoms with Gasteiger partial charge < -0.3 is 14.6 Å². The van der Waals surface area contributed by atoms with Crippen molar-refractivity contribution in [3.8, 4) is 0 Å². The lowest BCUT2D eigenvalue weighted by Gasteiger charge is -2.28. The molecule has 1 aromatic rings. The quantitative estimate of drug-likeness (QED) is 0.855. The van der Waals surface area contributed by atoms with Crippen LogP contribution < -0.4 is 5.32 Å². The summed E-state index contributed by atoms with van der Waals surface area (Å²) in [5.41, 5.74) is 0.916. The molecule has 0 amide bonds. The van der Waals surface area contributed by atoms with Crippen LogP contribution in [0.2, 0.25) is 0 Å². The van der Waals surface area contributed by atoms with Crippen LogP contribution in [0.1, 0.15) is 44.1 Å². The maximum Gasteiger partial charge on any atom is 0.162 e. The topological polar surface area (TPSA) is 47.3 Å². The van der Waals surface area contributed by atoms with Gasteiger partial charge in [-0.15, -0.1) is 0 Å². The minimum Gasteiger partial charge on any atom is -0.370 e. The smallest absolute Gasteiger partial charge is 0.162 e. The first-order chi connectivity index (χ1) is 8.28. The predicted octanol–water partition coefficient (Wildman–Crippen LogP) is 2.42. The van der Waals surface area contributed by atoms with E-state index >= 15 is 0 Å². The first-order valence-corrected chi connectivity index (χ1v) is 6.55. The number of aromatic nitrogens is 1. The molecule has 17 heavy (non-hydrogen) atoms. The first kappa shape index (κ1) is 12.6. The number of hydrogen-bond acceptors (Lipinski definition) is 4. The van der Waals surface area contributed by atoms with Crippen LogP contribution in [0, 0.1) is 6.92 Å². The van der Waals surface area contributed by atoms with E-state index in [4.69, 9.17) is 9.26 Å². The van der Waals surface area contributed by atoms with Crippen molar-refractivity contribution in [2.45, 2.75) is 58.3 Å². The van der Waals surface area contributed by atoms with Crippen LogP contribution in [-0.2, 0) is 11.3 Å². The molecule has 1 aliphatic carbocycles. The molecule has 1 heterocycles. The maximum atomic E-state index is 5.85. The third-order valence-corrected chi connectivity index (χ3v) is 3.31. The molecule has 0 aliphatic heterocycles. The number of aryl methyl sites for hydroxylation is 1. The summed E-state index contributed by atoms with van der Waals surface area (Å²) in [6.45, 7) is 5.70. The van der Waals surface area contributed by atoms with E-state index < -0.39 is 0 Å². The van der Waals surface area contributed by atoms with Crippen LogP contribution in [-0.4, -0.2) is 23.8 Å². The normalized spacial score (nSPS) is 25.1. The molecule has 2 rings (SSSR count). The van der Waals surface area contributed by atoms with Gasteiger partial charge in [0.1, 0.15) is 6.61 Å². The summed E-state index contributed by atoms with van der Waals surface area (Å²) in [7, 11) is 0. The number of nitrogens with one attached hydrogen (secondary N) is 1. The number of ether oxygens (including phenoxy) is 1. The molecule has 1 N–H and O–H groups in total. The number of nitrogens with zero attached hydrogens (tertiary/aromatic N) is 1. The van der Waals surface area contributed by atoms with E-state index in [0.29, 0.717) is 18.8 Å². The van der Waals surface area contributed by atoms with Crippen molar-refractivity contribution in [1.29, 1.82) is 0 Å². The molecule has 0 spiro atoms. The second-order valence-corrected chi connectivity index (χ2v) is 4.78. The summed E-state index contributed by atoms with van der Waals surface area (Å²) in [5, 5.41) is 7.35. The third-order valence-electron chi connectivity index (χ3n) is 3.31. The Kier molecular flexibility index (Phi) is 4.57. The van der Waals surface area contributed by atoms with Crippen LogP contribution in [0.5, 0.6) is 0 Å². The summed E-state index contributed by atoms with van der Waals surface area (Å²) in [5.74, 6) is 0.830. The highest BCUT2D eigenvalue weighted by atomic mass is 16.5.